The summed E-state index contributed by atoms with van der Waals surface area (Å²) in [5.74, 6) is -0.178. The zero-order valence-electron chi connectivity index (χ0n) is 18.2. The number of halogens is 1. The molecule has 1 aliphatic heterocycles. The summed E-state index contributed by atoms with van der Waals surface area (Å²) >= 11 is 7.15. The molecule has 0 atom stereocenters. The molecule has 1 saturated heterocycles. The van der Waals surface area contributed by atoms with Crippen molar-refractivity contribution in [3.8, 4) is 0 Å². The van der Waals surface area contributed by atoms with E-state index in [1.165, 1.54) is 22.2 Å². The van der Waals surface area contributed by atoms with Crippen molar-refractivity contribution in [2.24, 2.45) is 5.92 Å². The van der Waals surface area contributed by atoms with Crippen molar-refractivity contribution in [3.63, 3.8) is 0 Å². The van der Waals surface area contributed by atoms with Gasteiger partial charge in [-0.15, -0.1) is 0 Å². The Labute approximate surface area is 199 Å². The lowest BCUT2D eigenvalue weighted by Crippen LogP contribution is -2.40. The predicted molar refractivity (Wildman–Crippen MR) is 129 cm³/mol. The van der Waals surface area contributed by atoms with Crippen molar-refractivity contribution in [3.05, 3.63) is 51.5 Å². The molecule has 0 radical (unpaired) electrons. The molecular formula is C22H25ClN6O3S. The minimum atomic E-state index is -0.289. The molecule has 33 heavy (non-hydrogen) atoms. The first kappa shape index (κ1) is 23.2. The van der Waals surface area contributed by atoms with E-state index in [2.05, 4.69) is 25.5 Å². The van der Waals surface area contributed by atoms with Crippen LogP contribution in [0.5, 0.6) is 0 Å². The molecule has 1 aromatic carbocycles. The van der Waals surface area contributed by atoms with Crippen molar-refractivity contribution in [2.45, 2.75) is 32.9 Å². The van der Waals surface area contributed by atoms with Gasteiger partial charge >= 0.3 is 0 Å². The molecule has 2 amide bonds. The number of aromatic nitrogens is 3. The SMILES string of the molecule is CCNC(=O)C1CCN(c2nc3ncn(CC(=O)NCc4ccc(Cl)cc4)c(=O)c3s2)CC1. The Morgan fingerprint density at radius 3 is 2.61 bits per heavy atom. The number of piperidine rings is 1. The molecule has 0 aliphatic carbocycles. The lowest BCUT2D eigenvalue weighted by molar-refractivity contribution is -0.125. The minimum absolute atomic E-state index is 0.0114. The van der Waals surface area contributed by atoms with Crippen molar-refractivity contribution in [1.29, 1.82) is 0 Å². The third kappa shape index (κ3) is 5.51. The molecular weight excluding hydrogens is 464 g/mol. The number of carbonyl (C=O) groups is 2. The Hall–Kier alpha value is -2.98. The average Bonchev–Trinajstić information content (AvgIpc) is 3.26. The van der Waals surface area contributed by atoms with Crippen LogP contribution in [0.2, 0.25) is 5.02 Å². The fourth-order valence-electron chi connectivity index (χ4n) is 3.75. The smallest absolute Gasteiger partial charge is 0.273 e. The Morgan fingerprint density at radius 1 is 1.18 bits per heavy atom. The van der Waals surface area contributed by atoms with E-state index in [-0.39, 0.29) is 29.8 Å². The van der Waals surface area contributed by atoms with E-state index in [1.54, 1.807) is 12.1 Å². The quantitative estimate of drug-likeness (QED) is 0.527. The second-order valence-corrected chi connectivity index (χ2v) is 9.30. The molecule has 0 saturated carbocycles. The van der Waals surface area contributed by atoms with E-state index in [1.807, 2.05) is 19.1 Å². The first-order chi connectivity index (χ1) is 15.9. The van der Waals surface area contributed by atoms with Gasteiger partial charge in [0.15, 0.2) is 10.8 Å². The standard InChI is InChI=1S/C22H25ClN6O3S/c1-2-24-20(31)15-7-9-28(10-8-15)22-27-19-18(33-22)21(32)29(13-26-19)12-17(30)25-11-14-3-5-16(23)6-4-14/h3-6,13,15H,2,7-12H2,1H3,(H,24,31)(H,25,30). The van der Waals surface area contributed by atoms with Crippen LogP contribution in [0.4, 0.5) is 5.13 Å². The molecule has 11 heteroatoms. The van der Waals surface area contributed by atoms with Crippen molar-refractivity contribution >= 4 is 50.2 Å². The van der Waals surface area contributed by atoms with Gasteiger partial charge < -0.3 is 15.5 Å². The molecule has 4 rings (SSSR count). The molecule has 9 nitrogen and oxygen atoms in total. The molecule has 1 aliphatic rings. The number of benzene rings is 1. The van der Waals surface area contributed by atoms with E-state index >= 15 is 0 Å². The number of nitrogens with zero attached hydrogens (tertiary/aromatic N) is 4. The van der Waals surface area contributed by atoms with Gasteiger partial charge in [0.05, 0.1) is 0 Å². The first-order valence-electron chi connectivity index (χ1n) is 10.8. The monoisotopic (exact) mass is 488 g/mol. The highest BCUT2D eigenvalue weighted by Gasteiger charge is 2.26. The lowest BCUT2D eigenvalue weighted by atomic mass is 9.96. The maximum absolute atomic E-state index is 12.9. The number of fused-ring (bicyclic) bond motifs is 1. The Morgan fingerprint density at radius 2 is 1.91 bits per heavy atom. The van der Waals surface area contributed by atoms with Gasteiger partial charge in [0.25, 0.3) is 5.56 Å². The second kappa shape index (κ2) is 10.3. The van der Waals surface area contributed by atoms with E-state index in [9.17, 15) is 14.4 Å². The Balaban J connectivity index is 1.40. The van der Waals surface area contributed by atoms with E-state index in [4.69, 9.17) is 11.6 Å². The zero-order valence-corrected chi connectivity index (χ0v) is 19.8. The number of nitrogens with one attached hydrogen (secondary N) is 2. The molecule has 0 bridgehead atoms. The van der Waals surface area contributed by atoms with Crippen LogP contribution in [0.1, 0.15) is 25.3 Å². The summed E-state index contributed by atoms with van der Waals surface area (Å²) in [4.78, 5) is 48.2. The number of anilines is 1. The molecule has 0 spiro atoms. The van der Waals surface area contributed by atoms with Gasteiger partial charge in [0.1, 0.15) is 17.6 Å². The largest absolute Gasteiger partial charge is 0.356 e. The highest BCUT2D eigenvalue weighted by molar-refractivity contribution is 7.22. The molecule has 2 aromatic heterocycles. The van der Waals surface area contributed by atoms with Gasteiger partial charge in [0.2, 0.25) is 11.8 Å². The topological polar surface area (TPSA) is 109 Å². The molecule has 0 unspecified atom stereocenters. The summed E-state index contributed by atoms with van der Waals surface area (Å²) in [6.07, 6.45) is 2.85. The van der Waals surface area contributed by atoms with Gasteiger partial charge in [-0.25, -0.2) is 4.98 Å². The molecule has 2 N–H and O–H groups in total. The number of hydrogen-bond acceptors (Lipinski definition) is 7. The number of carbonyl (C=O) groups excluding carboxylic acids is 2. The van der Waals surface area contributed by atoms with E-state index in [0.29, 0.717) is 46.7 Å². The van der Waals surface area contributed by atoms with E-state index in [0.717, 1.165) is 18.4 Å². The molecule has 3 aromatic rings. The number of rotatable bonds is 7. The number of hydrogen-bond donors (Lipinski definition) is 2. The van der Waals surface area contributed by atoms with Crippen LogP contribution in [0.15, 0.2) is 35.4 Å². The molecule has 1 fully saturated rings. The zero-order chi connectivity index (χ0) is 23.4. The summed E-state index contributed by atoms with van der Waals surface area (Å²) < 4.78 is 1.71. The third-order valence-electron chi connectivity index (χ3n) is 5.58. The summed E-state index contributed by atoms with van der Waals surface area (Å²) in [7, 11) is 0. The first-order valence-corrected chi connectivity index (χ1v) is 12.0. The second-order valence-electron chi connectivity index (χ2n) is 7.89. The van der Waals surface area contributed by atoms with Gasteiger partial charge in [-0.1, -0.05) is 35.1 Å². The average molecular weight is 489 g/mol. The van der Waals surface area contributed by atoms with Gasteiger partial charge in [-0.3, -0.25) is 19.0 Å². The van der Waals surface area contributed by atoms with E-state index < -0.39 is 0 Å². The molecule has 174 valence electrons. The van der Waals surface area contributed by atoms with Crippen molar-refractivity contribution in [2.75, 3.05) is 24.5 Å². The van der Waals surface area contributed by atoms with Crippen molar-refractivity contribution in [1.82, 2.24) is 25.2 Å². The fourth-order valence-corrected chi connectivity index (χ4v) is 4.89. The summed E-state index contributed by atoms with van der Waals surface area (Å²) in [6, 6.07) is 7.19. The number of thiazole rings is 1. The lowest BCUT2D eigenvalue weighted by Gasteiger charge is -2.30. The van der Waals surface area contributed by atoms with Gasteiger partial charge in [-0.2, -0.15) is 4.98 Å². The Kier molecular flexibility index (Phi) is 7.24. The highest BCUT2D eigenvalue weighted by Crippen LogP contribution is 2.29. The van der Waals surface area contributed by atoms with Crippen LogP contribution in [0.25, 0.3) is 10.3 Å². The van der Waals surface area contributed by atoms with Crippen LogP contribution in [-0.4, -0.2) is 46.0 Å². The predicted octanol–water partition coefficient (Wildman–Crippen LogP) is 2.18. The van der Waals surface area contributed by atoms with Crippen molar-refractivity contribution < 1.29 is 9.59 Å². The summed E-state index contributed by atoms with van der Waals surface area (Å²) in [5.41, 5.74) is 1.00. The Bertz CT molecular complexity index is 1200. The minimum Gasteiger partial charge on any atom is -0.356 e. The van der Waals surface area contributed by atoms with Gasteiger partial charge in [0, 0.05) is 37.1 Å². The highest BCUT2D eigenvalue weighted by atomic mass is 35.5. The molecule has 3 heterocycles. The summed E-state index contributed by atoms with van der Waals surface area (Å²) in [5, 5.41) is 7.02. The maximum Gasteiger partial charge on any atom is 0.273 e. The number of amides is 2. The van der Waals surface area contributed by atoms with Gasteiger partial charge in [-0.05, 0) is 37.5 Å². The van der Waals surface area contributed by atoms with Crippen LogP contribution >= 0.6 is 22.9 Å². The van der Waals surface area contributed by atoms with Crippen LogP contribution in [0.3, 0.4) is 0 Å². The van der Waals surface area contributed by atoms with Crippen LogP contribution in [-0.2, 0) is 22.7 Å². The summed E-state index contributed by atoms with van der Waals surface area (Å²) in [6.45, 7) is 4.16. The normalized spacial score (nSPS) is 14.4. The van der Waals surface area contributed by atoms with Crippen LogP contribution < -0.4 is 21.1 Å². The van der Waals surface area contributed by atoms with Crippen LogP contribution in [0, 0.1) is 5.92 Å². The third-order valence-corrected chi connectivity index (χ3v) is 6.92. The maximum atomic E-state index is 12.9. The fraction of sp³-hybridized carbons (Fsp3) is 0.409.